The van der Waals surface area contributed by atoms with Gasteiger partial charge < -0.3 is 9.32 Å². The molecule has 0 unspecified atom stereocenters. The highest BCUT2D eigenvalue weighted by atomic mass is 32.1. The lowest BCUT2D eigenvalue weighted by atomic mass is 10.2. The summed E-state index contributed by atoms with van der Waals surface area (Å²) in [5.41, 5.74) is 0.957. The maximum atomic E-state index is 12.7. The Morgan fingerprint density at radius 3 is 2.65 bits per heavy atom. The summed E-state index contributed by atoms with van der Waals surface area (Å²) in [6, 6.07) is 11.6. The molecule has 6 heteroatoms. The molecule has 1 saturated heterocycles. The summed E-state index contributed by atoms with van der Waals surface area (Å²) >= 11 is 1.58. The third kappa shape index (κ3) is 3.52. The van der Waals surface area contributed by atoms with Crippen molar-refractivity contribution in [3.05, 3.63) is 42.2 Å². The van der Waals surface area contributed by atoms with Gasteiger partial charge in [-0.3, -0.25) is 9.69 Å². The number of aromatic nitrogens is 1. The molecule has 1 aromatic carbocycles. The molecule has 0 bridgehead atoms. The monoisotopic (exact) mass is 369 g/mol. The first kappa shape index (κ1) is 17.2. The minimum atomic E-state index is -0.0263. The minimum absolute atomic E-state index is 0.0263. The lowest BCUT2D eigenvalue weighted by molar-refractivity contribution is 0.0594. The van der Waals surface area contributed by atoms with Gasteiger partial charge in [0.1, 0.15) is 0 Å². The first-order chi connectivity index (χ1) is 12.6. The number of hydrogen-bond acceptors (Lipinski definition) is 5. The molecule has 2 aromatic heterocycles. The Balaban J connectivity index is 1.45. The molecule has 3 aromatic rings. The maximum absolute atomic E-state index is 12.7. The summed E-state index contributed by atoms with van der Waals surface area (Å²) in [5, 5.41) is 0.812. The Morgan fingerprint density at radius 2 is 1.92 bits per heavy atom. The second-order valence-corrected chi connectivity index (χ2v) is 8.17. The minimum Gasteiger partial charge on any atom is -0.448 e. The van der Waals surface area contributed by atoms with E-state index in [0.29, 0.717) is 17.4 Å². The van der Waals surface area contributed by atoms with Crippen LogP contribution >= 0.6 is 11.3 Å². The first-order valence-electron chi connectivity index (χ1n) is 9.07. The fourth-order valence-electron chi connectivity index (χ4n) is 3.35. The predicted octanol–water partition coefficient (Wildman–Crippen LogP) is 3.97. The molecular weight excluding hydrogens is 346 g/mol. The number of thiazole rings is 1. The first-order valence-corrected chi connectivity index (χ1v) is 9.89. The number of carbonyl (C=O) groups is 1. The van der Waals surface area contributed by atoms with Gasteiger partial charge in [-0.1, -0.05) is 26.0 Å². The van der Waals surface area contributed by atoms with E-state index in [1.807, 2.05) is 35.2 Å². The average molecular weight is 369 g/mol. The third-order valence-electron chi connectivity index (χ3n) is 4.60. The van der Waals surface area contributed by atoms with Crippen molar-refractivity contribution in [2.45, 2.75) is 13.8 Å². The Kier molecular flexibility index (Phi) is 4.78. The van der Waals surface area contributed by atoms with E-state index in [1.165, 1.54) is 0 Å². The van der Waals surface area contributed by atoms with Crippen molar-refractivity contribution in [1.29, 1.82) is 0 Å². The second-order valence-electron chi connectivity index (χ2n) is 7.14. The standard InChI is InChI=1S/C20H23N3O2S/c1-14(2)13-22-9-11-23(12-10-22)20(24)17-8-7-16(25-17)19-21-15-5-3-4-6-18(15)26-19/h3-8,14H,9-13H2,1-2H3. The number of benzene rings is 1. The summed E-state index contributed by atoms with van der Waals surface area (Å²) in [6.45, 7) is 8.90. The van der Waals surface area contributed by atoms with Gasteiger partial charge in [-0.05, 0) is 30.2 Å². The fourth-order valence-corrected chi connectivity index (χ4v) is 4.28. The highest BCUT2D eigenvalue weighted by Crippen LogP contribution is 2.31. The van der Waals surface area contributed by atoms with Gasteiger partial charge in [-0.2, -0.15) is 0 Å². The van der Waals surface area contributed by atoms with E-state index in [9.17, 15) is 4.79 Å². The van der Waals surface area contributed by atoms with Crippen molar-refractivity contribution in [2.24, 2.45) is 5.92 Å². The molecule has 4 rings (SSSR count). The van der Waals surface area contributed by atoms with E-state index in [0.717, 1.165) is 47.9 Å². The smallest absolute Gasteiger partial charge is 0.289 e. The van der Waals surface area contributed by atoms with E-state index in [2.05, 4.69) is 23.7 Å². The van der Waals surface area contributed by atoms with E-state index in [4.69, 9.17) is 4.42 Å². The van der Waals surface area contributed by atoms with Crippen LogP contribution in [0.4, 0.5) is 0 Å². The molecule has 1 aliphatic heterocycles. The molecule has 0 saturated carbocycles. The Hall–Kier alpha value is -2.18. The van der Waals surface area contributed by atoms with Crippen LogP contribution in [-0.2, 0) is 0 Å². The maximum Gasteiger partial charge on any atom is 0.289 e. The van der Waals surface area contributed by atoms with Crippen LogP contribution in [0.25, 0.3) is 21.0 Å². The quantitative estimate of drug-likeness (QED) is 0.698. The van der Waals surface area contributed by atoms with Crippen molar-refractivity contribution in [3.8, 4) is 10.8 Å². The van der Waals surface area contributed by atoms with E-state index < -0.39 is 0 Å². The van der Waals surface area contributed by atoms with Crippen LogP contribution in [0.1, 0.15) is 24.4 Å². The van der Waals surface area contributed by atoms with Crippen molar-refractivity contribution < 1.29 is 9.21 Å². The van der Waals surface area contributed by atoms with Crippen LogP contribution in [0.5, 0.6) is 0 Å². The molecule has 1 fully saturated rings. The predicted molar refractivity (Wildman–Crippen MR) is 105 cm³/mol. The lowest BCUT2D eigenvalue weighted by Crippen LogP contribution is -2.49. The van der Waals surface area contributed by atoms with Gasteiger partial charge in [-0.25, -0.2) is 4.98 Å². The molecule has 0 atom stereocenters. The zero-order valence-electron chi connectivity index (χ0n) is 15.1. The molecular formula is C20H23N3O2S. The Morgan fingerprint density at radius 1 is 1.15 bits per heavy atom. The number of hydrogen-bond donors (Lipinski definition) is 0. The highest BCUT2D eigenvalue weighted by molar-refractivity contribution is 7.21. The van der Waals surface area contributed by atoms with Gasteiger partial charge in [0.15, 0.2) is 16.5 Å². The third-order valence-corrected chi connectivity index (χ3v) is 5.66. The molecule has 3 heterocycles. The van der Waals surface area contributed by atoms with Gasteiger partial charge in [0.2, 0.25) is 0 Å². The van der Waals surface area contributed by atoms with Crippen LogP contribution in [0.3, 0.4) is 0 Å². The van der Waals surface area contributed by atoms with Crippen molar-refractivity contribution in [1.82, 2.24) is 14.8 Å². The number of para-hydroxylation sites is 1. The molecule has 0 spiro atoms. The van der Waals surface area contributed by atoms with E-state index in [1.54, 1.807) is 17.4 Å². The van der Waals surface area contributed by atoms with Crippen molar-refractivity contribution >= 4 is 27.5 Å². The molecule has 26 heavy (non-hydrogen) atoms. The Labute approximate surface area is 157 Å². The van der Waals surface area contributed by atoms with Crippen LogP contribution in [0, 0.1) is 5.92 Å². The summed E-state index contributed by atoms with van der Waals surface area (Å²) in [6.07, 6.45) is 0. The summed E-state index contributed by atoms with van der Waals surface area (Å²) in [4.78, 5) is 21.6. The van der Waals surface area contributed by atoms with Gasteiger partial charge in [0.25, 0.3) is 5.91 Å². The second kappa shape index (κ2) is 7.21. The zero-order chi connectivity index (χ0) is 18.1. The average Bonchev–Trinajstić information content (AvgIpc) is 3.28. The largest absolute Gasteiger partial charge is 0.448 e. The van der Waals surface area contributed by atoms with Crippen LogP contribution in [0.2, 0.25) is 0 Å². The highest BCUT2D eigenvalue weighted by Gasteiger charge is 2.25. The molecule has 136 valence electrons. The van der Waals surface area contributed by atoms with Gasteiger partial charge in [0, 0.05) is 32.7 Å². The topological polar surface area (TPSA) is 49.6 Å². The van der Waals surface area contributed by atoms with Gasteiger partial charge in [0.05, 0.1) is 10.2 Å². The molecule has 0 aliphatic carbocycles. The number of rotatable bonds is 4. The number of fused-ring (bicyclic) bond motifs is 1. The molecule has 5 nitrogen and oxygen atoms in total. The number of nitrogens with zero attached hydrogens (tertiary/aromatic N) is 3. The lowest BCUT2D eigenvalue weighted by Gasteiger charge is -2.35. The molecule has 1 amide bonds. The molecule has 0 radical (unpaired) electrons. The van der Waals surface area contributed by atoms with Gasteiger partial charge >= 0.3 is 0 Å². The van der Waals surface area contributed by atoms with Crippen molar-refractivity contribution in [2.75, 3.05) is 32.7 Å². The summed E-state index contributed by atoms with van der Waals surface area (Å²) < 4.78 is 6.97. The number of piperazine rings is 1. The van der Waals surface area contributed by atoms with Crippen LogP contribution < -0.4 is 0 Å². The fraction of sp³-hybridized carbons (Fsp3) is 0.400. The summed E-state index contributed by atoms with van der Waals surface area (Å²) in [5.74, 6) is 1.69. The SMILES string of the molecule is CC(C)CN1CCN(C(=O)c2ccc(-c3nc4ccccc4s3)o2)CC1. The number of amides is 1. The zero-order valence-corrected chi connectivity index (χ0v) is 16.0. The normalized spacial score (nSPS) is 15.9. The molecule has 1 aliphatic rings. The van der Waals surface area contributed by atoms with Crippen LogP contribution in [-0.4, -0.2) is 53.4 Å². The number of carbonyl (C=O) groups excluding carboxylic acids is 1. The molecule has 0 N–H and O–H groups in total. The Bertz CT molecular complexity index is 874. The van der Waals surface area contributed by atoms with Crippen LogP contribution in [0.15, 0.2) is 40.8 Å². The van der Waals surface area contributed by atoms with E-state index >= 15 is 0 Å². The van der Waals surface area contributed by atoms with Crippen molar-refractivity contribution in [3.63, 3.8) is 0 Å². The summed E-state index contributed by atoms with van der Waals surface area (Å²) in [7, 11) is 0. The van der Waals surface area contributed by atoms with Gasteiger partial charge in [-0.15, -0.1) is 11.3 Å². The van der Waals surface area contributed by atoms with E-state index in [-0.39, 0.29) is 5.91 Å². The number of furan rings is 1.